The summed E-state index contributed by atoms with van der Waals surface area (Å²) in [6.07, 6.45) is 0.232. The topological polar surface area (TPSA) is 55.9 Å². The minimum atomic E-state index is -0.379. The quantitative estimate of drug-likeness (QED) is 0.864. The number of hydrogen-bond donors (Lipinski definition) is 1. The van der Waals surface area contributed by atoms with Crippen LogP contribution in [0.2, 0.25) is 0 Å². The van der Waals surface area contributed by atoms with Crippen molar-refractivity contribution >= 4 is 17.6 Å². The van der Waals surface area contributed by atoms with Crippen LogP contribution in [0.4, 0.5) is 14.9 Å². The molecule has 2 aliphatic heterocycles. The van der Waals surface area contributed by atoms with Crippen LogP contribution in [-0.2, 0) is 11.3 Å². The van der Waals surface area contributed by atoms with E-state index in [1.807, 2.05) is 18.2 Å². The Morgan fingerprint density at radius 3 is 2.52 bits per heavy atom. The zero-order chi connectivity index (χ0) is 20.2. The van der Waals surface area contributed by atoms with Gasteiger partial charge in [0.1, 0.15) is 5.82 Å². The zero-order valence-electron chi connectivity index (χ0n) is 16.3. The zero-order valence-corrected chi connectivity index (χ0v) is 16.3. The molecule has 2 aromatic carbocycles. The molecule has 6 nitrogen and oxygen atoms in total. The number of piperazine rings is 1. The smallest absolute Gasteiger partial charge is 0.317 e. The van der Waals surface area contributed by atoms with Gasteiger partial charge in [-0.2, -0.15) is 0 Å². The van der Waals surface area contributed by atoms with E-state index in [-0.39, 0.29) is 30.2 Å². The molecule has 7 heteroatoms. The van der Waals surface area contributed by atoms with Crippen molar-refractivity contribution in [2.45, 2.75) is 19.0 Å². The number of nitrogens with zero attached hydrogens (tertiary/aromatic N) is 3. The first kappa shape index (κ1) is 19.4. The average Bonchev–Trinajstić information content (AvgIpc) is 3.09. The number of rotatable bonds is 4. The average molecular weight is 396 g/mol. The molecule has 0 saturated carbocycles. The number of carbonyl (C=O) groups is 2. The predicted octanol–water partition coefficient (Wildman–Crippen LogP) is 2.46. The number of amides is 3. The highest BCUT2D eigenvalue weighted by molar-refractivity contribution is 5.96. The van der Waals surface area contributed by atoms with Gasteiger partial charge in [-0.05, 0) is 23.8 Å². The summed E-state index contributed by atoms with van der Waals surface area (Å²) in [6.45, 7) is 4.21. The number of carbonyl (C=O) groups excluding carboxylic acids is 2. The Balaban J connectivity index is 1.26. The number of nitrogens with one attached hydrogen (secondary N) is 1. The lowest BCUT2D eigenvalue weighted by Gasteiger charge is -2.35. The number of anilines is 1. The van der Waals surface area contributed by atoms with E-state index < -0.39 is 0 Å². The predicted molar refractivity (Wildman–Crippen MR) is 109 cm³/mol. The molecule has 2 aromatic rings. The highest BCUT2D eigenvalue weighted by atomic mass is 19.1. The van der Waals surface area contributed by atoms with Crippen molar-refractivity contribution in [3.8, 4) is 0 Å². The summed E-state index contributed by atoms with van der Waals surface area (Å²) in [7, 11) is 0. The van der Waals surface area contributed by atoms with Crippen LogP contribution in [0.3, 0.4) is 0 Å². The maximum absolute atomic E-state index is 13.4. The fraction of sp³-hybridized carbons (Fsp3) is 0.364. The molecule has 2 aliphatic rings. The van der Waals surface area contributed by atoms with Crippen LogP contribution in [0.1, 0.15) is 12.0 Å². The fourth-order valence-electron chi connectivity index (χ4n) is 3.91. The summed E-state index contributed by atoms with van der Waals surface area (Å²) in [5.41, 5.74) is 1.80. The Labute approximate surface area is 169 Å². The molecule has 152 valence electrons. The molecule has 0 spiro atoms. The molecule has 0 bridgehead atoms. The van der Waals surface area contributed by atoms with E-state index in [0.717, 1.165) is 19.6 Å². The molecule has 29 heavy (non-hydrogen) atoms. The third-order valence-electron chi connectivity index (χ3n) is 5.48. The van der Waals surface area contributed by atoms with Crippen molar-refractivity contribution < 1.29 is 14.0 Å². The molecule has 2 fully saturated rings. The number of urea groups is 1. The molecule has 0 unspecified atom stereocenters. The van der Waals surface area contributed by atoms with Crippen LogP contribution in [0.25, 0.3) is 0 Å². The van der Waals surface area contributed by atoms with Crippen LogP contribution >= 0.6 is 0 Å². The van der Waals surface area contributed by atoms with Gasteiger partial charge in [0.25, 0.3) is 0 Å². The lowest BCUT2D eigenvalue weighted by atomic mass is 10.2. The molecular formula is C22H25FN4O2. The Morgan fingerprint density at radius 1 is 1.03 bits per heavy atom. The van der Waals surface area contributed by atoms with Gasteiger partial charge >= 0.3 is 6.03 Å². The molecule has 4 rings (SSSR count). The Hall–Kier alpha value is -2.93. The Morgan fingerprint density at radius 2 is 1.79 bits per heavy atom. The molecule has 1 N–H and O–H groups in total. The maximum atomic E-state index is 13.4. The minimum Gasteiger partial charge on any atom is -0.333 e. The number of benzene rings is 2. The summed E-state index contributed by atoms with van der Waals surface area (Å²) >= 11 is 0. The standard InChI is InChI=1S/C22H25FN4O2/c23-18-7-4-8-20(13-18)27-16-19(14-21(27)28)24-22(29)26-11-9-25(10-12-26)15-17-5-2-1-3-6-17/h1-8,13,19H,9-12,14-16H2,(H,24,29)/t19-/m0/s1. The molecule has 0 radical (unpaired) electrons. The SMILES string of the molecule is O=C(N[C@H]1CC(=O)N(c2cccc(F)c2)C1)N1CCN(Cc2ccccc2)CC1. The third-order valence-corrected chi connectivity index (χ3v) is 5.48. The largest absolute Gasteiger partial charge is 0.333 e. The van der Waals surface area contributed by atoms with E-state index in [9.17, 15) is 14.0 Å². The van der Waals surface area contributed by atoms with Gasteiger partial charge < -0.3 is 15.1 Å². The van der Waals surface area contributed by atoms with Gasteiger partial charge in [-0.3, -0.25) is 9.69 Å². The van der Waals surface area contributed by atoms with Crippen LogP contribution in [0.5, 0.6) is 0 Å². The van der Waals surface area contributed by atoms with Crippen LogP contribution < -0.4 is 10.2 Å². The van der Waals surface area contributed by atoms with Gasteiger partial charge in [0.15, 0.2) is 0 Å². The minimum absolute atomic E-state index is 0.103. The van der Waals surface area contributed by atoms with Gasteiger partial charge in [0, 0.05) is 51.4 Å². The first-order valence-electron chi connectivity index (χ1n) is 9.96. The molecule has 1 atom stereocenters. The van der Waals surface area contributed by atoms with Crippen molar-refractivity contribution in [3.05, 3.63) is 66.0 Å². The van der Waals surface area contributed by atoms with Crippen LogP contribution in [-0.4, -0.2) is 60.5 Å². The summed E-state index contributed by atoms with van der Waals surface area (Å²) < 4.78 is 13.4. The molecule has 0 aliphatic carbocycles. The normalized spacial score (nSPS) is 20.2. The second kappa shape index (κ2) is 8.61. The van der Waals surface area contributed by atoms with Gasteiger partial charge in [-0.1, -0.05) is 36.4 Å². The maximum Gasteiger partial charge on any atom is 0.317 e. The van der Waals surface area contributed by atoms with Crippen LogP contribution in [0, 0.1) is 5.82 Å². The van der Waals surface area contributed by atoms with Gasteiger partial charge in [-0.15, -0.1) is 0 Å². The Kier molecular flexibility index (Phi) is 5.76. The van der Waals surface area contributed by atoms with E-state index in [1.54, 1.807) is 17.0 Å². The fourth-order valence-corrected chi connectivity index (χ4v) is 3.91. The summed E-state index contributed by atoms with van der Waals surface area (Å²) in [4.78, 5) is 30.6. The molecule has 2 heterocycles. The van der Waals surface area contributed by atoms with Crippen molar-refractivity contribution in [2.24, 2.45) is 0 Å². The first-order valence-corrected chi connectivity index (χ1v) is 9.96. The highest BCUT2D eigenvalue weighted by Crippen LogP contribution is 2.22. The van der Waals surface area contributed by atoms with Crippen molar-refractivity contribution in [1.82, 2.24) is 15.1 Å². The van der Waals surface area contributed by atoms with E-state index in [4.69, 9.17) is 0 Å². The van der Waals surface area contributed by atoms with Crippen LogP contribution in [0.15, 0.2) is 54.6 Å². The number of halogens is 1. The lowest BCUT2D eigenvalue weighted by Crippen LogP contribution is -2.53. The number of hydrogen-bond acceptors (Lipinski definition) is 3. The van der Waals surface area contributed by atoms with Gasteiger partial charge in [0.05, 0.1) is 6.04 Å². The second-order valence-electron chi connectivity index (χ2n) is 7.58. The van der Waals surface area contributed by atoms with E-state index in [0.29, 0.717) is 25.3 Å². The second-order valence-corrected chi connectivity index (χ2v) is 7.58. The van der Waals surface area contributed by atoms with Crippen molar-refractivity contribution in [1.29, 1.82) is 0 Å². The highest BCUT2D eigenvalue weighted by Gasteiger charge is 2.33. The molecule has 2 saturated heterocycles. The van der Waals surface area contributed by atoms with E-state index in [2.05, 4.69) is 22.3 Å². The van der Waals surface area contributed by atoms with Gasteiger partial charge in [-0.25, -0.2) is 9.18 Å². The summed E-state index contributed by atoms with van der Waals surface area (Å²) in [5, 5.41) is 2.97. The summed E-state index contributed by atoms with van der Waals surface area (Å²) in [6, 6.07) is 15.9. The van der Waals surface area contributed by atoms with E-state index in [1.165, 1.54) is 22.6 Å². The Bertz CT molecular complexity index is 868. The molecular weight excluding hydrogens is 371 g/mol. The monoisotopic (exact) mass is 396 g/mol. The molecule has 0 aromatic heterocycles. The molecule has 3 amide bonds. The first-order chi connectivity index (χ1) is 14.1. The van der Waals surface area contributed by atoms with Gasteiger partial charge in [0.2, 0.25) is 5.91 Å². The summed E-state index contributed by atoms with van der Waals surface area (Å²) in [5.74, 6) is -0.482. The van der Waals surface area contributed by atoms with Crippen molar-refractivity contribution in [3.63, 3.8) is 0 Å². The van der Waals surface area contributed by atoms with Crippen molar-refractivity contribution in [2.75, 3.05) is 37.6 Å². The third kappa shape index (κ3) is 4.74. The lowest BCUT2D eigenvalue weighted by molar-refractivity contribution is -0.117. The van der Waals surface area contributed by atoms with E-state index >= 15 is 0 Å².